The first kappa shape index (κ1) is 14.9. The standard InChI is InChI=1S/C17H15N5OS/c1-11-7-12(2)9-13(8-11)22-17(19-20-21-22)24-10-16-18-14-5-3-4-6-15(14)23-16/h3-9H,10H2,1-2H3. The minimum absolute atomic E-state index is 0.569. The second-order valence-electron chi connectivity index (χ2n) is 5.58. The molecule has 0 aliphatic carbocycles. The molecular weight excluding hydrogens is 322 g/mol. The number of hydrogen-bond donors (Lipinski definition) is 0. The molecule has 0 fully saturated rings. The van der Waals surface area contributed by atoms with Crippen molar-refractivity contribution in [2.75, 3.05) is 0 Å². The molecule has 24 heavy (non-hydrogen) atoms. The Morgan fingerprint density at radius 2 is 1.88 bits per heavy atom. The topological polar surface area (TPSA) is 69.6 Å². The second-order valence-corrected chi connectivity index (χ2v) is 6.53. The van der Waals surface area contributed by atoms with Crippen molar-refractivity contribution in [3.05, 3.63) is 59.5 Å². The molecule has 0 amide bonds. The number of benzene rings is 2. The van der Waals surface area contributed by atoms with Gasteiger partial charge < -0.3 is 4.42 Å². The average molecular weight is 337 g/mol. The number of aryl methyl sites for hydroxylation is 2. The molecule has 0 atom stereocenters. The Bertz CT molecular complexity index is 954. The highest BCUT2D eigenvalue weighted by atomic mass is 32.2. The number of tetrazole rings is 1. The van der Waals surface area contributed by atoms with E-state index in [4.69, 9.17) is 4.42 Å². The Balaban J connectivity index is 1.58. The number of hydrogen-bond acceptors (Lipinski definition) is 6. The number of oxazole rings is 1. The molecule has 120 valence electrons. The normalized spacial score (nSPS) is 11.2. The molecule has 4 rings (SSSR count). The SMILES string of the molecule is Cc1cc(C)cc(-n2nnnc2SCc2nc3ccccc3o2)c1. The molecule has 6 nitrogen and oxygen atoms in total. The molecule has 2 aromatic carbocycles. The van der Waals surface area contributed by atoms with Crippen molar-refractivity contribution in [3.63, 3.8) is 0 Å². The average Bonchev–Trinajstić information content (AvgIpc) is 3.18. The zero-order valence-electron chi connectivity index (χ0n) is 13.3. The molecule has 0 radical (unpaired) electrons. The number of para-hydroxylation sites is 2. The summed E-state index contributed by atoms with van der Waals surface area (Å²) >= 11 is 1.50. The minimum Gasteiger partial charge on any atom is -0.440 e. The van der Waals surface area contributed by atoms with Crippen molar-refractivity contribution in [2.24, 2.45) is 0 Å². The van der Waals surface area contributed by atoms with Gasteiger partial charge in [0.1, 0.15) is 5.52 Å². The van der Waals surface area contributed by atoms with Crippen molar-refractivity contribution in [1.82, 2.24) is 25.2 Å². The van der Waals surface area contributed by atoms with Gasteiger partial charge in [0.2, 0.25) is 11.0 Å². The van der Waals surface area contributed by atoms with Crippen LogP contribution in [0, 0.1) is 13.8 Å². The molecule has 4 aromatic rings. The van der Waals surface area contributed by atoms with Gasteiger partial charge in [-0.05, 0) is 59.7 Å². The van der Waals surface area contributed by atoms with Gasteiger partial charge in [-0.3, -0.25) is 0 Å². The van der Waals surface area contributed by atoms with E-state index in [1.54, 1.807) is 4.68 Å². The predicted molar refractivity (Wildman–Crippen MR) is 92.2 cm³/mol. The number of rotatable bonds is 4. The highest BCUT2D eigenvalue weighted by molar-refractivity contribution is 7.98. The van der Waals surface area contributed by atoms with E-state index in [0.29, 0.717) is 16.8 Å². The molecule has 0 bridgehead atoms. The summed E-state index contributed by atoms with van der Waals surface area (Å²) in [6.45, 7) is 4.12. The van der Waals surface area contributed by atoms with E-state index in [1.165, 1.54) is 22.9 Å². The number of nitrogens with zero attached hydrogens (tertiary/aromatic N) is 5. The summed E-state index contributed by atoms with van der Waals surface area (Å²) in [7, 11) is 0. The van der Waals surface area contributed by atoms with Crippen molar-refractivity contribution in [2.45, 2.75) is 24.8 Å². The highest BCUT2D eigenvalue weighted by Crippen LogP contribution is 2.25. The van der Waals surface area contributed by atoms with Crippen molar-refractivity contribution in [1.29, 1.82) is 0 Å². The molecule has 0 saturated carbocycles. The zero-order chi connectivity index (χ0) is 16.5. The van der Waals surface area contributed by atoms with E-state index < -0.39 is 0 Å². The first-order chi connectivity index (χ1) is 11.7. The minimum atomic E-state index is 0.569. The molecule has 7 heteroatoms. The fourth-order valence-electron chi connectivity index (χ4n) is 2.61. The fourth-order valence-corrected chi connectivity index (χ4v) is 3.35. The van der Waals surface area contributed by atoms with Crippen LogP contribution in [0.5, 0.6) is 0 Å². The van der Waals surface area contributed by atoms with Gasteiger partial charge in [-0.1, -0.05) is 30.0 Å². The highest BCUT2D eigenvalue weighted by Gasteiger charge is 2.12. The van der Waals surface area contributed by atoms with Gasteiger partial charge in [0.05, 0.1) is 11.4 Å². The summed E-state index contributed by atoms with van der Waals surface area (Å²) < 4.78 is 7.48. The Hall–Kier alpha value is -2.67. The Kier molecular flexibility index (Phi) is 3.78. The third-order valence-corrected chi connectivity index (χ3v) is 4.46. The molecule has 0 aliphatic rings. The van der Waals surface area contributed by atoms with Crippen LogP contribution in [0.4, 0.5) is 0 Å². The lowest BCUT2D eigenvalue weighted by Gasteiger charge is -2.06. The van der Waals surface area contributed by atoms with Gasteiger partial charge in [0, 0.05) is 0 Å². The van der Waals surface area contributed by atoms with Crippen LogP contribution < -0.4 is 0 Å². The summed E-state index contributed by atoms with van der Waals surface area (Å²) in [5.41, 5.74) is 4.97. The molecule has 2 heterocycles. The molecule has 0 unspecified atom stereocenters. The lowest BCUT2D eigenvalue weighted by Crippen LogP contribution is -2.00. The first-order valence-electron chi connectivity index (χ1n) is 7.53. The maximum Gasteiger partial charge on any atom is 0.214 e. The summed E-state index contributed by atoms with van der Waals surface area (Å²) in [5, 5.41) is 12.7. The van der Waals surface area contributed by atoms with E-state index in [1.807, 2.05) is 24.3 Å². The van der Waals surface area contributed by atoms with Gasteiger partial charge in [-0.25, -0.2) is 4.98 Å². The molecular formula is C17H15N5OS. The number of fused-ring (bicyclic) bond motifs is 1. The Labute approximate surface area is 142 Å². The van der Waals surface area contributed by atoms with Crippen LogP contribution in [0.15, 0.2) is 52.0 Å². The van der Waals surface area contributed by atoms with Gasteiger partial charge in [0.15, 0.2) is 5.58 Å². The van der Waals surface area contributed by atoms with Crippen LogP contribution in [0.2, 0.25) is 0 Å². The number of thioether (sulfide) groups is 1. The first-order valence-corrected chi connectivity index (χ1v) is 8.52. The summed E-state index contributed by atoms with van der Waals surface area (Å²) in [6, 6.07) is 14.0. The summed E-state index contributed by atoms with van der Waals surface area (Å²) in [5.74, 6) is 1.23. The number of aromatic nitrogens is 5. The largest absolute Gasteiger partial charge is 0.440 e. The van der Waals surface area contributed by atoms with Gasteiger partial charge in [0.25, 0.3) is 0 Å². The van der Waals surface area contributed by atoms with E-state index >= 15 is 0 Å². The van der Waals surface area contributed by atoms with Gasteiger partial charge >= 0.3 is 0 Å². The van der Waals surface area contributed by atoms with Crippen LogP contribution in [0.3, 0.4) is 0 Å². The maximum atomic E-state index is 5.74. The zero-order valence-corrected chi connectivity index (χ0v) is 14.1. The van der Waals surface area contributed by atoms with E-state index in [2.05, 4.69) is 52.6 Å². The Morgan fingerprint density at radius 3 is 2.67 bits per heavy atom. The molecule has 0 saturated heterocycles. The van der Waals surface area contributed by atoms with E-state index in [-0.39, 0.29) is 0 Å². The van der Waals surface area contributed by atoms with Crippen molar-refractivity contribution < 1.29 is 4.42 Å². The third-order valence-electron chi connectivity index (χ3n) is 3.55. The van der Waals surface area contributed by atoms with E-state index in [9.17, 15) is 0 Å². The molecule has 2 aromatic heterocycles. The predicted octanol–water partition coefficient (Wildman–Crippen LogP) is 3.71. The van der Waals surface area contributed by atoms with Crippen LogP contribution in [0.25, 0.3) is 16.8 Å². The molecule has 0 spiro atoms. The lowest BCUT2D eigenvalue weighted by molar-refractivity contribution is 0.556. The smallest absolute Gasteiger partial charge is 0.214 e. The summed E-state index contributed by atoms with van der Waals surface area (Å²) in [6.07, 6.45) is 0. The van der Waals surface area contributed by atoms with Crippen LogP contribution in [-0.2, 0) is 5.75 Å². The Morgan fingerprint density at radius 1 is 1.08 bits per heavy atom. The quantitative estimate of drug-likeness (QED) is 0.529. The summed E-state index contributed by atoms with van der Waals surface area (Å²) in [4.78, 5) is 4.48. The monoisotopic (exact) mass is 337 g/mol. The van der Waals surface area contributed by atoms with Crippen LogP contribution >= 0.6 is 11.8 Å². The molecule has 0 aliphatic heterocycles. The second kappa shape index (κ2) is 6.09. The third kappa shape index (κ3) is 2.90. The van der Waals surface area contributed by atoms with Crippen molar-refractivity contribution >= 4 is 22.9 Å². The van der Waals surface area contributed by atoms with E-state index in [0.717, 1.165) is 16.8 Å². The van der Waals surface area contributed by atoms with Crippen molar-refractivity contribution in [3.8, 4) is 5.69 Å². The lowest BCUT2D eigenvalue weighted by atomic mass is 10.1. The van der Waals surface area contributed by atoms with Gasteiger partial charge in [-0.15, -0.1) is 5.10 Å². The van der Waals surface area contributed by atoms with Crippen LogP contribution in [-0.4, -0.2) is 25.2 Å². The van der Waals surface area contributed by atoms with Crippen LogP contribution in [0.1, 0.15) is 17.0 Å². The van der Waals surface area contributed by atoms with Gasteiger partial charge in [-0.2, -0.15) is 4.68 Å². The fraction of sp³-hybridized carbons (Fsp3) is 0.176. The molecule has 0 N–H and O–H groups in total. The maximum absolute atomic E-state index is 5.74.